The van der Waals surface area contributed by atoms with Crippen LogP contribution in [0.3, 0.4) is 0 Å². The Morgan fingerprint density at radius 3 is 2.42 bits per heavy atom. The summed E-state index contributed by atoms with van der Waals surface area (Å²) >= 11 is 5.48. The van der Waals surface area contributed by atoms with Crippen LogP contribution in [0.2, 0.25) is 0 Å². The normalized spacial score (nSPS) is 21.5. The van der Waals surface area contributed by atoms with Crippen molar-refractivity contribution in [2.75, 3.05) is 37.3 Å². The van der Waals surface area contributed by atoms with Gasteiger partial charge in [-0.2, -0.15) is 11.8 Å². The van der Waals surface area contributed by atoms with E-state index in [4.69, 9.17) is 0 Å². The fourth-order valence-corrected chi connectivity index (χ4v) is 5.35. The quantitative estimate of drug-likeness (QED) is 0.584. The van der Waals surface area contributed by atoms with Crippen molar-refractivity contribution in [2.24, 2.45) is 5.41 Å². The molecule has 0 saturated carbocycles. The second kappa shape index (κ2) is 9.11. The Kier molecular flexibility index (Phi) is 7.09. The van der Waals surface area contributed by atoms with Crippen LogP contribution in [0.4, 0.5) is 5.69 Å². The third-order valence-corrected chi connectivity index (χ3v) is 7.72. The van der Waals surface area contributed by atoms with E-state index in [9.17, 15) is 4.79 Å². The van der Waals surface area contributed by atoms with Gasteiger partial charge in [0, 0.05) is 28.5 Å². The molecule has 1 unspecified atom stereocenters. The molecule has 2 fully saturated rings. The average Bonchev–Trinajstić information content (AvgIpc) is 2.97. The van der Waals surface area contributed by atoms with E-state index in [0.29, 0.717) is 5.91 Å². The maximum atomic E-state index is 13.2. The predicted octanol–water partition coefficient (Wildman–Crippen LogP) is 5.19. The van der Waals surface area contributed by atoms with Gasteiger partial charge in [0.05, 0.1) is 5.41 Å². The molecule has 26 heavy (non-hydrogen) atoms. The van der Waals surface area contributed by atoms with Crippen molar-refractivity contribution < 1.29 is 4.79 Å². The van der Waals surface area contributed by atoms with Gasteiger partial charge in [0.2, 0.25) is 5.91 Å². The predicted molar refractivity (Wildman–Crippen MR) is 116 cm³/mol. The van der Waals surface area contributed by atoms with E-state index in [-0.39, 0.29) is 5.41 Å². The number of thioether (sulfide) groups is 1. The fraction of sp³-hybridized carbons (Fsp3) is 0.667. The number of rotatable bonds is 7. The molecule has 5 heteroatoms. The zero-order chi connectivity index (χ0) is 18.6. The maximum absolute atomic E-state index is 13.2. The first-order valence-electron chi connectivity index (χ1n) is 9.90. The summed E-state index contributed by atoms with van der Waals surface area (Å²) in [6.07, 6.45) is 9.21. The summed E-state index contributed by atoms with van der Waals surface area (Å²) in [4.78, 5) is 17.8. The van der Waals surface area contributed by atoms with E-state index in [1.807, 2.05) is 40.9 Å². The first-order chi connectivity index (χ1) is 12.6. The number of likely N-dealkylation sites (tertiary alicyclic amines) is 1. The lowest BCUT2D eigenvalue weighted by atomic mass is 9.77. The van der Waals surface area contributed by atoms with E-state index < -0.39 is 0 Å². The second-order valence-corrected chi connectivity index (χ2v) is 9.82. The molecule has 3 rings (SSSR count). The molecule has 144 valence electrons. The molecule has 0 radical (unpaired) electrons. The molecule has 2 aliphatic heterocycles. The van der Waals surface area contributed by atoms with Crippen molar-refractivity contribution in [1.29, 1.82) is 0 Å². The number of carbonyl (C=O) groups excluding carboxylic acids is 1. The van der Waals surface area contributed by atoms with Gasteiger partial charge in [0.15, 0.2) is 0 Å². The molecule has 1 amide bonds. The van der Waals surface area contributed by atoms with Crippen molar-refractivity contribution in [2.45, 2.75) is 50.7 Å². The number of piperidine rings is 1. The van der Waals surface area contributed by atoms with Gasteiger partial charge >= 0.3 is 0 Å². The number of anilines is 1. The second-order valence-electron chi connectivity index (χ2n) is 7.76. The first-order valence-corrected chi connectivity index (χ1v) is 12.0. The van der Waals surface area contributed by atoms with Crippen molar-refractivity contribution >= 4 is 39.3 Å². The molecular weight excluding hydrogens is 408 g/mol. The Bertz CT molecular complexity index is 599. The number of halogens is 1. The summed E-state index contributed by atoms with van der Waals surface area (Å²) in [5, 5.41) is 0.738. The Hall–Kier alpha value is -0.520. The van der Waals surface area contributed by atoms with E-state index in [0.717, 1.165) is 54.3 Å². The van der Waals surface area contributed by atoms with Crippen LogP contribution >= 0.6 is 27.7 Å². The number of hydrogen-bond donors (Lipinski definition) is 0. The van der Waals surface area contributed by atoms with Crippen LogP contribution in [-0.4, -0.2) is 48.5 Å². The molecule has 0 bridgehead atoms. The van der Waals surface area contributed by atoms with Crippen molar-refractivity contribution in [1.82, 2.24) is 4.90 Å². The highest BCUT2D eigenvalue weighted by Crippen LogP contribution is 2.43. The van der Waals surface area contributed by atoms with Gasteiger partial charge in [-0.3, -0.25) is 4.79 Å². The van der Waals surface area contributed by atoms with E-state index >= 15 is 0 Å². The van der Waals surface area contributed by atoms with E-state index in [1.165, 1.54) is 25.8 Å². The number of benzene rings is 1. The van der Waals surface area contributed by atoms with Crippen LogP contribution in [0.25, 0.3) is 0 Å². The van der Waals surface area contributed by atoms with Gasteiger partial charge in [-0.25, -0.2) is 0 Å². The zero-order valence-corrected chi connectivity index (χ0v) is 18.4. The Balaban J connectivity index is 1.56. The summed E-state index contributed by atoms with van der Waals surface area (Å²) in [5.41, 5.74) is 0.932. The Morgan fingerprint density at radius 1 is 1.15 bits per heavy atom. The van der Waals surface area contributed by atoms with Gasteiger partial charge < -0.3 is 9.80 Å². The van der Waals surface area contributed by atoms with E-state index in [2.05, 4.69) is 34.0 Å². The van der Waals surface area contributed by atoms with Crippen LogP contribution < -0.4 is 4.90 Å². The minimum Gasteiger partial charge on any atom is -0.312 e. The molecule has 2 aliphatic rings. The van der Waals surface area contributed by atoms with E-state index in [1.54, 1.807) is 0 Å². The number of nitrogens with zero attached hydrogens (tertiary/aromatic N) is 2. The summed E-state index contributed by atoms with van der Waals surface area (Å²) in [6, 6.07) is 8.14. The Labute approximate surface area is 171 Å². The summed E-state index contributed by atoms with van der Waals surface area (Å²) in [7, 11) is 0. The standard InChI is InChI=1S/C21H31BrN2OS/c1-3-4-5-19(26-2)16-23-13-10-21(11-14-23)12-15-24(20(21)25)18-8-6-17(22)7-9-18/h6-9,19H,3-5,10-16H2,1-2H3. The Morgan fingerprint density at radius 2 is 1.81 bits per heavy atom. The lowest BCUT2D eigenvalue weighted by molar-refractivity contribution is -0.128. The molecule has 0 N–H and O–H groups in total. The zero-order valence-electron chi connectivity index (χ0n) is 16.0. The van der Waals surface area contributed by atoms with Crippen LogP contribution in [0.1, 0.15) is 45.4 Å². The molecule has 1 aromatic rings. The highest BCUT2D eigenvalue weighted by atomic mass is 79.9. The third kappa shape index (κ3) is 4.48. The number of amides is 1. The first kappa shape index (κ1) is 20.2. The maximum Gasteiger partial charge on any atom is 0.233 e. The SMILES string of the molecule is CCCCC(CN1CCC2(CC1)CCN(c1ccc(Br)cc1)C2=O)SC. The summed E-state index contributed by atoms with van der Waals surface area (Å²) < 4.78 is 1.06. The highest BCUT2D eigenvalue weighted by Gasteiger charge is 2.48. The van der Waals surface area contributed by atoms with Crippen LogP contribution in [0.5, 0.6) is 0 Å². The monoisotopic (exact) mass is 438 g/mol. The minimum absolute atomic E-state index is 0.109. The number of carbonyl (C=O) groups is 1. The van der Waals surface area contributed by atoms with Gasteiger partial charge in [-0.05, 0) is 69.3 Å². The number of unbranched alkanes of at least 4 members (excludes halogenated alkanes) is 1. The van der Waals surface area contributed by atoms with Crippen LogP contribution in [0, 0.1) is 5.41 Å². The molecule has 1 atom stereocenters. The van der Waals surface area contributed by atoms with Crippen molar-refractivity contribution in [3.05, 3.63) is 28.7 Å². The lowest BCUT2D eigenvalue weighted by Crippen LogP contribution is -2.46. The minimum atomic E-state index is -0.109. The van der Waals surface area contributed by atoms with Gasteiger partial charge in [0.25, 0.3) is 0 Å². The molecule has 3 nitrogen and oxygen atoms in total. The van der Waals surface area contributed by atoms with Crippen LogP contribution in [-0.2, 0) is 4.79 Å². The smallest absolute Gasteiger partial charge is 0.233 e. The summed E-state index contributed by atoms with van der Waals surface area (Å²) in [6.45, 7) is 6.46. The molecule has 2 saturated heterocycles. The summed E-state index contributed by atoms with van der Waals surface area (Å²) in [5.74, 6) is 0.354. The number of hydrogen-bond acceptors (Lipinski definition) is 3. The van der Waals surface area contributed by atoms with Crippen LogP contribution in [0.15, 0.2) is 28.7 Å². The van der Waals surface area contributed by atoms with Crippen molar-refractivity contribution in [3.63, 3.8) is 0 Å². The third-order valence-electron chi connectivity index (χ3n) is 6.14. The lowest BCUT2D eigenvalue weighted by Gasteiger charge is -2.39. The van der Waals surface area contributed by atoms with Gasteiger partial charge in [-0.15, -0.1) is 0 Å². The van der Waals surface area contributed by atoms with Crippen molar-refractivity contribution in [3.8, 4) is 0 Å². The highest BCUT2D eigenvalue weighted by molar-refractivity contribution is 9.10. The largest absolute Gasteiger partial charge is 0.312 e. The molecule has 0 aliphatic carbocycles. The molecule has 2 heterocycles. The topological polar surface area (TPSA) is 23.6 Å². The average molecular weight is 439 g/mol. The van der Waals surface area contributed by atoms with Gasteiger partial charge in [0.1, 0.15) is 0 Å². The molecule has 1 spiro atoms. The molecule has 1 aromatic carbocycles. The molecule has 0 aromatic heterocycles. The fourth-order valence-electron chi connectivity index (χ4n) is 4.32. The molecular formula is C21H31BrN2OS. The van der Waals surface area contributed by atoms with Gasteiger partial charge in [-0.1, -0.05) is 35.7 Å².